The molecule has 20 heavy (non-hydrogen) atoms. The van der Waals surface area contributed by atoms with Crippen molar-refractivity contribution in [3.63, 3.8) is 0 Å². The first kappa shape index (κ1) is 12.8. The van der Waals surface area contributed by atoms with Crippen LogP contribution in [0.2, 0.25) is 0 Å². The second-order valence-electron chi connectivity index (χ2n) is 4.54. The Morgan fingerprint density at radius 2 is 1.90 bits per heavy atom. The van der Waals surface area contributed by atoms with E-state index >= 15 is 0 Å². The van der Waals surface area contributed by atoms with Gasteiger partial charge in [-0.05, 0) is 11.6 Å². The lowest BCUT2D eigenvalue weighted by Crippen LogP contribution is -2.20. The van der Waals surface area contributed by atoms with Crippen LogP contribution in [0.25, 0.3) is 0 Å². The summed E-state index contributed by atoms with van der Waals surface area (Å²) in [5, 5.41) is 11.0. The smallest absolute Gasteiger partial charge is 0.287 e. The minimum absolute atomic E-state index is 0.0589. The number of anilines is 1. The summed E-state index contributed by atoms with van der Waals surface area (Å²) in [5.74, 6) is 0.301. The van der Waals surface area contributed by atoms with E-state index < -0.39 is 15.7 Å². The van der Waals surface area contributed by atoms with E-state index in [4.69, 9.17) is 0 Å². The zero-order valence-electron chi connectivity index (χ0n) is 10.6. The Balaban J connectivity index is 1.98. The van der Waals surface area contributed by atoms with Crippen LogP contribution in [0.3, 0.4) is 0 Å². The summed E-state index contributed by atoms with van der Waals surface area (Å²) in [6.45, 7) is 0.598. The van der Waals surface area contributed by atoms with Crippen molar-refractivity contribution in [1.82, 2.24) is 0 Å². The molecule has 3 rings (SSSR count). The van der Waals surface area contributed by atoms with Crippen molar-refractivity contribution in [3.05, 3.63) is 64.2 Å². The molecule has 0 amide bonds. The minimum Gasteiger partial charge on any atom is -0.354 e. The first-order valence-corrected chi connectivity index (χ1v) is 7.43. The molecule has 5 nitrogen and oxygen atoms in total. The molecule has 2 aromatic carbocycles. The molecule has 0 N–H and O–H groups in total. The van der Waals surface area contributed by atoms with Gasteiger partial charge in [-0.1, -0.05) is 36.4 Å². The standard InChI is InChI=1S/C14H12N2O3S/c17-16(18)13-8-4-7-12-14(13)20(19)10-15(12)9-11-5-2-1-3-6-11/h1-8H,9-10H2. The van der Waals surface area contributed by atoms with Crippen LogP contribution in [0.15, 0.2) is 53.4 Å². The molecule has 0 radical (unpaired) electrons. The molecule has 1 aliphatic heterocycles. The zero-order chi connectivity index (χ0) is 14.1. The van der Waals surface area contributed by atoms with Crippen molar-refractivity contribution in [2.45, 2.75) is 11.4 Å². The van der Waals surface area contributed by atoms with E-state index in [0.717, 1.165) is 5.56 Å². The monoisotopic (exact) mass is 288 g/mol. The van der Waals surface area contributed by atoms with Crippen molar-refractivity contribution in [3.8, 4) is 0 Å². The molecule has 1 unspecified atom stereocenters. The Morgan fingerprint density at radius 1 is 1.15 bits per heavy atom. The van der Waals surface area contributed by atoms with Gasteiger partial charge in [0.05, 0.1) is 27.3 Å². The number of hydrogen-bond acceptors (Lipinski definition) is 4. The van der Waals surface area contributed by atoms with Gasteiger partial charge >= 0.3 is 0 Å². The zero-order valence-corrected chi connectivity index (χ0v) is 11.4. The van der Waals surface area contributed by atoms with E-state index in [1.165, 1.54) is 6.07 Å². The molecule has 1 atom stereocenters. The predicted octanol–water partition coefficient (Wildman–Crippen LogP) is 2.68. The molecular formula is C14H12N2O3S. The van der Waals surface area contributed by atoms with Gasteiger partial charge in [-0.15, -0.1) is 0 Å². The molecule has 2 aromatic rings. The highest BCUT2D eigenvalue weighted by atomic mass is 32.2. The highest BCUT2D eigenvalue weighted by Crippen LogP contribution is 2.38. The topological polar surface area (TPSA) is 63.5 Å². The molecular weight excluding hydrogens is 276 g/mol. The van der Waals surface area contributed by atoms with Crippen molar-refractivity contribution in [2.75, 3.05) is 10.8 Å². The second-order valence-corrected chi connectivity index (χ2v) is 5.90. The van der Waals surface area contributed by atoms with Crippen LogP contribution in [0, 0.1) is 10.1 Å². The van der Waals surface area contributed by atoms with Gasteiger partial charge in [-0.2, -0.15) is 0 Å². The maximum atomic E-state index is 12.2. The second kappa shape index (κ2) is 5.05. The van der Waals surface area contributed by atoms with E-state index in [0.29, 0.717) is 23.0 Å². The van der Waals surface area contributed by atoms with Gasteiger partial charge in [0.15, 0.2) is 0 Å². The van der Waals surface area contributed by atoms with Crippen LogP contribution in [0.5, 0.6) is 0 Å². The highest BCUT2D eigenvalue weighted by Gasteiger charge is 2.32. The van der Waals surface area contributed by atoms with Crippen LogP contribution in [-0.4, -0.2) is 15.0 Å². The van der Waals surface area contributed by atoms with Crippen molar-refractivity contribution in [2.24, 2.45) is 0 Å². The Morgan fingerprint density at radius 3 is 2.60 bits per heavy atom. The highest BCUT2D eigenvalue weighted by molar-refractivity contribution is 7.85. The molecule has 0 saturated heterocycles. The van der Waals surface area contributed by atoms with Crippen LogP contribution in [0.1, 0.15) is 5.56 Å². The quantitative estimate of drug-likeness (QED) is 0.643. The lowest BCUT2D eigenvalue weighted by atomic mass is 10.2. The average molecular weight is 288 g/mol. The summed E-state index contributed by atoms with van der Waals surface area (Å²) in [6.07, 6.45) is 0. The Bertz CT molecular complexity index is 688. The fourth-order valence-electron chi connectivity index (χ4n) is 2.35. The number of nitro benzene ring substituents is 1. The fraction of sp³-hybridized carbons (Fsp3) is 0.143. The maximum absolute atomic E-state index is 12.2. The third-order valence-electron chi connectivity index (χ3n) is 3.23. The van der Waals surface area contributed by atoms with E-state index in [2.05, 4.69) is 0 Å². The lowest BCUT2D eigenvalue weighted by molar-refractivity contribution is -0.387. The first-order valence-electron chi connectivity index (χ1n) is 6.11. The van der Waals surface area contributed by atoms with Crippen LogP contribution < -0.4 is 4.90 Å². The van der Waals surface area contributed by atoms with Gasteiger partial charge in [-0.3, -0.25) is 14.3 Å². The average Bonchev–Trinajstić information content (AvgIpc) is 2.77. The maximum Gasteiger partial charge on any atom is 0.287 e. The fourth-order valence-corrected chi connectivity index (χ4v) is 3.80. The van der Waals surface area contributed by atoms with Crippen molar-refractivity contribution >= 4 is 22.2 Å². The Hall–Kier alpha value is -2.21. The third-order valence-corrected chi connectivity index (χ3v) is 4.65. The van der Waals surface area contributed by atoms with E-state index in [1.54, 1.807) is 12.1 Å². The normalized spacial score (nSPS) is 17.0. The van der Waals surface area contributed by atoms with Crippen LogP contribution in [0.4, 0.5) is 11.4 Å². The molecule has 0 saturated carbocycles. The Kier molecular flexibility index (Phi) is 3.23. The predicted molar refractivity (Wildman–Crippen MR) is 77.0 cm³/mol. The number of nitro groups is 1. The van der Waals surface area contributed by atoms with Crippen LogP contribution >= 0.6 is 0 Å². The Labute approximate surface area is 118 Å². The summed E-state index contributed by atoms with van der Waals surface area (Å²) < 4.78 is 12.2. The SMILES string of the molecule is O=[N+]([O-])c1cccc2c1S(=O)CN2Cc1ccccc1. The first-order chi connectivity index (χ1) is 9.66. The molecule has 6 heteroatoms. The summed E-state index contributed by atoms with van der Waals surface area (Å²) in [7, 11) is -1.35. The summed E-state index contributed by atoms with van der Waals surface area (Å²) in [5.41, 5.74) is 1.72. The number of fused-ring (bicyclic) bond motifs is 1. The number of nitrogens with zero attached hydrogens (tertiary/aromatic N) is 2. The third kappa shape index (κ3) is 2.18. The molecule has 102 valence electrons. The molecule has 1 heterocycles. The summed E-state index contributed by atoms with van der Waals surface area (Å²) in [6, 6.07) is 14.6. The van der Waals surface area contributed by atoms with E-state index in [-0.39, 0.29) is 5.69 Å². The number of benzene rings is 2. The van der Waals surface area contributed by atoms with Gasteiger partial charge < -0.3 is 4.90 Å². The summed E-state index contributed by atoms with van der Waals surface area (Å²) in [4.78, 5) is 12.8. The molecule has 0 spiro atoms. The van der Waals surface area contributed by atoms with Gasteiger partial charge in [0.25, 0.3) is 5.69 Å². The molecule has 0 aromatic heterocycles. The lowest BCUT2D eigenvalue weighted by Gasteiger charge is -2.17. The van der Waals surface area contributed by atoms with Crippen molar-refractivity contribution in [1.29, 1.82) is 0 Å². The number of hydrogen-bond donors (Lipinski definition) is 0. The van der Waals surface area contributed by atoms with Crippen molar-refractivity contribution < 1.29 is 9.13 Å². The molecule has 0 aliphatic carbocycles. The number of rotatable bonds is 3. The molecule has 1 aliphatic rings. The molecule has 0 bridgehead atoms. The van der Waals surface area contributed by atoms with Gasteiger partial charge in [0.1, 0.15) is 4.90 Å². The van der Waals surface area contributed by atoms with Gasteiger partial charge in [0.2, 0.25) is 0 Å². The largest absolute Gasteiger partial charge is 0.354 e. The van der Waals surface area contributed by atoms with E-state index in [1.807, 2.05) is 35.2 Å². The minimum atomic E-state index is -1.35. The van der Waals surface area contributed by atoms with E-state index in [9.17, 15) is 14.3 Å². The summed E-state index contributed by atoms with van der Waals surface area (Å²) >= 11 is 0. The van der Waals surface area contributed by atoms with Crippen LogP contribution in [-0.2, 0) is 17.3 Å². The molecule has 0 fully saturated rings. The van der Waals surface area contributed by atoms with Gasteiger partial charge in [0, 0.05) is 12.6 Å². The van der Waals surface area contributed by atoms with Gasteiger partial charge in [-0.25, -0.2) is 0 Å².